The van der Waals surface area contributed by atoms with Crippen LogP contribution in [0.15, 0.2) is 0 Å². The van der Waals surface area contributed by atoms with Crippen molar-refractivity contribution in [3.8, 4) is 0 Å². The fraction of sp³-hybridized carbons (Fsp3) is 0.909. The van der Waals surface area contributed by atoms with Crippen LogP contribution in [0, 0.1) is 5.92 Å². The number of halogens is 3. The summed E-state index contributed by atoms with van der Waals surface area (Å²) in [5.74, 6) is -4.11. The first-order valence-electron chi connectivity index (χ1n) is 5.90. The number of carboxylic acids is 1. The largest absolute Gasteiger partial charge is 0.481 e. The Bertz CT molecular complexity index is 289. The van der Waals surface area contributed by atoms with Crippen LogP contribution in [0.5, 0.6) is 0 Å². The number of carboxylic acid groups (broad SMARTS) is 1. The standard InChI is InChI=1S/C11H19F3N2O2/c1-15-5-3-8(4-6-15)16(2)7-9(10(17)18)11(12,13)14/h8-9H,3-7H2,1-2H3,(H,17,18). The van der Waals surface area contributed by atoms with Gasteiger partial charge >= 0.3 is 12.1 Å². The zero-order valence-electron chi connectivity index (χ0n) is 10.6. The molecule has 106 valence electrons. The lowest BCUT2D eigenvalue weighted by Gasteiger charge is -2.36. The summed E-state index contributed by atoms with van der Waals surface area (Å²) in [6.45, 7) is 1.19. The van der Waals surface area contributed by atoms with Gasteiger partial charge in [-0.05, 0) is 40.0 Å². The Hall–Kier alpha value is -0.820. The average molecular weight is 268 g/mol. The molecule has 1 saturated heterocycles. The Labute approximate surface area is 104 Å². The molecule has 0 aliphatic carbocycles. The van der Waals surface area contributed by atoms with Gasteiger partial charge in [0.25, 0.3) is 0 Å². The van der Waals surface area contributed by atoms with Crippen molar-refractivity contribution < 1.29 is 23.1 Å². The van der Waals surface area contributed by atoms with Crippen molar-refractivity contribution in [2.24, 2.45) is 5.92 Å². The Morgan fingerprint density at radius 2 is 1.94 bits per heavy atom. The molecule has 0 aromatic heterocycles. The first-order valence-corrected chi connectivity index (χ1v) is 5.90. The predicted octanol–water partition coefficient (Wildman–Crippen LogP) is 1.28. The molecule has 0 bridgehead atoms. The van der Waals surface area contributed by atoms with Gasteiger partial charge in [-0.15, -0.1) is 0 Å². The van der Waals surface area contributed by atoms with Crippen LogP contribution in [0.3, 0.4) is 0 Å². The SMILES string of the molecule is CN1CCC(N(C)CC(C(=O)O)C(F)(F)F)CC1. The van der Waals surface area contributed by atoms with E-state index in [1.807, 2.05) is 7.05 Å². The number of hydrogen-bond donors (Lipinski definition) is 1. The molecule has 0 radical (unpaired) electrons. The van der Waals surface area contributed by atoms with Crippen LogP contribution in [-0.4, -0.2) is 66.8 Å². The molecule has 1 unspecified atom stereocenters. The Balaban J connectivity index is 2.56. The smallest absolute Gasteiger partial charge is 0.403 e. The molecule has 18 heavy (non-hydrogen) atoms. The predicted molar refractivity (Wildman–Crippen MR) is 60.3 cm³/mol. The second kappa shape index (κ2) is 5.88. The molecular weight excluding hydrogens is 249 g/mol. The topological polar surface area (TPSA) is 43.8 Å². The van der Waals surface area contributed by atoms with Crippen molar-refractivity contribution in [1.29, 1.82) is 0 Å². The zero-order valence-corrected chi connectivity index (χ0v) is 10.6. The van der Waals surface area contributed by atoms with Gasteiger partial charge in [-0.25, -0.2) is 0 Å². The van der Waals surface area contributed by atoms with Gasteiger partial charge in [0.15, 0.2) is 5.92 Å². The van der Waals surface area contributed by atoms with E-state index in [0.29, 0.717) is 0 Å². The van der Waals surface area contributed by atoms with E-state index in [2.05, 4.69) is 4.90 Å². The van der Waals surface area contributed by atoms with E-state index in [0.717, 1.165) is 25.9 Å². The number of aliphatic carboxylic acids is 1. The van der Waals surface area contributed by atoms with Crippen molar-refractivity contribution in [2.45, 2.75) is 25.1 Å². The average Bonchev–Trinajstić information content (AvgIpc) is 2.24. The van der Waals surface area contributed by atoms with Gasteiger partial charge in [0.05, 0.1) is 0 Å². The lowest BCUT2D eigenvalue weighted by Crippen LogP contribution is -2.47. The normalized spacial score (nSPS) is 21.2. The third-order valence-electron chi connectivity index (χ3n) is 3.48. The van der Waals surface area contributed by atoms with Crippen LogP contribution < -0.4 is 0 Å². The number of piperidine rings is 1. The number of nitrogens with zero attached hydrogens (tertiary/aromatic N) is 2. The highest BCUT2D eigenvalue weighted by molar-refractivity contribution is 5.71. The Kier molecular flexibility index (Phi) is 4.98. The minimum Gasteiger partial charge on any atom is -0.481 e. The highest BCUT2D eigenvalue weighted by Gasteiger charge is 2.46. The summed E-state index contributed by atoms with van der Waals surface area (Å²) in [6.07, 6.45) is -3.14. The van der Waals surface area contributed by atoms with Crippen LogP contribution in [0.1, 0.15) is 12.8 Å². The van der Waals surface area contributed by atoms with Gasteiger partial charge in [0.2, 0.25) is 0 Å². The van der Waals surface area contributed by atoms with E-state index in [4.69, 9.17) is 5.11 Å². The van der Waals surface area contributed by atoms with Gasteiger partial charge in [-0.3, -0.25) is 4.79 Å². The summed E-state index contributed by atoms with van der Waals surface area (Å²) in [7, 11) is 3.53. The second-order valence-corrected chi connectivity index (χ2v) is 4.91. The maximum absolute atomic E-state index is 12.5. The third-order valence-corrected chi connectivity index (χ3v) is 3.48. The third kappa shape index (κ3) is 4.13. The van der Waals surface area contributed by atoms with Crippen LogP contribution in [0.4, 0.5) is 13.2 Å². The number of rotatable bonds is 4. The fourth-order valence-electron chi connectivity index (χ4n) is 2.19. The minimum absolute atomic E-state index is 0.0328. The molecule has 1 rings (SSSR count). The van der Waals surface area contributed by atoms with Crippen LogP contribution in [0.2, 0.25) is 0 Å². The second-order valence-electron chi connectivity index (χ2n) is 4.91. The molecule has 0 aromatic carbocycles. The molecule has 1 heterocycles. The molecule has 0 aromatic rings. The maximum atomic E-state index is 12.5. The molecule has 1 aliphatic rings. The molecule has 0 saturated carbocycles. The van der Waals surface area contributed by atoms with Crippen LogP contribution in [0.25, 0.3) is 0 Å². The van der Waals surface area contributed by atoms with Gasteiger partial charge in [-0.1, -0.05) is 0 Å². The highest BCUT2D eigenvalue weighted by Crippen LogP contribution is 2.28. The molecule has 1 aliphatic heterocycles. The molecular formula is C11H19F3N2O2. The minimum atomic E-state index is -4.69. The lowest BCUT2D eigenvalue weighted by atomic mass is 10.0. The first kappa shape index (κ1) is 15.2. The molecule has 0 spiro atoms. The number of carbonyl (C=O) groups is 1. The summed E-state index contributed by atoms with van der Waals surface area (Å²) in [5.41, 5.74) is 0. The van der Waals surface area contributed by atoms with Crippen molar-refractivity contribution in [3.05, 3.63) is 0 Å². The Morgan fingerprint density at radius 1 is 1.44 bits per heavy atom. The van der Waals surface area contributed by atoms with Crippen molar-refractivity contribution in [3.63, 3.8) is 0 Å². The van der Waals surface area contributed by atoms with Crippen molar-refractivity contribution in [1.82, 2.24) is 9.80 Å². The van der Waals surface area contributed by atoms with Gasteiger partial charge in [0, 0.05) is 12.6 Å². The highest BCUT2D eigenvalue weighted by atomic mass is 19.4. The zero-order chi connectivity index (χ0) is 13.9. The van der Waals surface area contributed by atoms with Crippen LogP contribution in [-0.2, 0) is 4.79 Å². The summed E-state index contributed by atoms with van der Waals surface area (Å²) in [6, 6.07) is 0.0328. The van der Waals surface area contributed by atoms with E-state index in [-0.39, 0.29) is 6.04 Å². The lowest BCUT2D eigenvalue weighted by molar-refractivity contribution is -0.197. The van der Waals surface area contributed by atoms with Crippen molar-refractivity contribution in [2.75, 3.05) is 33.7 Å². The molecule has 0 amide bonds. The molecule has 7 heteroatoms. The maximum Gasteiger partial charge on any atom is 0.403 e. The van der Waals surface area contributed by atoms with Gasteiger partial charge < -0.3 is 14.9 Å². The van der Waals surface area contributed by atoms with Gasteiger partial charge in [-0.2, -0.15) is 13.2 Å². The van der Waals surface area contributed by atoms with E-state index < -0.39 is 24.6 Å². The fourth-order valence-corrected chi connectivity index (χ4v) is 2.19. The molecule has 1 fully saturated rings. The van der Waals surface area contributed by atoms with Crippen molar-refractivity contribution >= 4 is 5.97 Å². The monoisotopic (exact) mass is 268 g/mol. The van der Waals surface area contributed by atoms with E-state index >= 15 is 0 Å². The summed E-state index contributed by atoms with van der Waals surface area (Å²) >= 11 is 0. The first-order chi connectivity index (χ1) is 8.21. The quantitative estimate of drug-likeness (QED) is 0.834. The summed E-state index contributed by atoms with van der Waals surface area (Å²) in [5, 5.41) is 8.64. The van der Waals surface area contributed by atoms with Crippen LogP contribution >= 0.6 is 0 Å². The molecule has 1 atom stereocenters. The number of hydrogen-bond acceptors (Lipinski definition) is 3. The van der Waals surface area contributed by atoms with Gasteiger partial charge in [0.1, 0.15) is 0 Å². The summed E-state index contributed by atoms with van der Waals surface area (Å²) in [4.78, 5) is 14.3. The number of likely N-dealkylation sites (tertiary alicyclic amines) is 1. The van der Waals surface area contributed by atoms with E-state index in [9.17, 15) is 18.0 Å². The summed E-state index contributed by atoms with van der Waals surface area (Å²) < 4.78 is 37.6. The molecule has 1 N–H and O–H groups in total. The Morgan fingerprint density at radius 3 is 2.33 bits per heavy atom. The van der Waals surface area contributed by atoms with E-state index in [1.165, 1.54) is 4.90 Å². The number of alkyl halides is 3. The molecule has 4 nitrogen and oxygen atoms in total. The van der Waals surface area contributed by atoms with E-state index in [1.54, 1.807) is 7.05 Å².